The Hall–Kier alpha value is -2.10. The standard InChI is InChI=1S/C16H22N6O2S/c17-6-7-18-16(24)11-3-2-8-22(9-11)10-14(23)19-12-4-1-5-13-15(12)21-25-20-13/h1,4-5,11H,2-3,6-10,17H2,(H,18,24)(H,19,23). The first-order valence-electron chi connectivity index (χ1n) is 8.38. The van der Waals surface area contributed by atoms with Gasteiger partial charge >= 0.3 is 0 Å². The van der Waals surface area contributed by atoms with Crippen LogP contribution in [0.3, 0.4) is 0 Å². The normalized spacial score (nSPS) is 19.2. The van der Waals surface area contributed by atoms with Crippen molar-refractivity contribution in [3.63, 3.8) is 0 Å². The van der Waals surface area contributed by atoms with Crippen molar-refractivity contribution < 1.29 is 9.59 Å². The van der Waals surface area contributed by atoms with Gasteiger partial charge in [0.1, 0.15) is 11.4 Å². The average Bonchev–Trinajstić information content (AvgIpc) is 3.09. The Labute approximate surface area is 150 Å². The summed E-state index contributed by atoms with van der Waals surface area (Å²) >= 11 is 1.12. The van der Waals surface area contributed by atoms with Crippen molar-refractivity contribution in [2.24, 2.45) is 20.4 Å². The molecule has 1 saturated heterocycles. The molecule has 9 heteroatoms. The number of carbonyl (C=O) groups is 2. The number of nitrogens with one attached hydrogen (secondary N) is 2. The molecule has 2 heterocycles. The van der Waals surface area contributed by atoms with Crippen LogP contribution in [0.15, 0.2) is 26.9 Å². The van der Waals surface area contributed by atoms with Crippen molar-refractivity contribution in [3.8, 4) is 0 Å². The molecule has 0 spiro atoms. The van der Waals surface area contributed by atoms with Crippen LogP contribution in [0.2, 0.25) is 0 Å². The zero-order valence-corrected chi connectivity index (χ0v) is 14.7. The predicted molar refractivity (Wildman–Crippen MR) is 97.8 cm³/mol. The molecule has 134 valence electrons. The first kappa shape index (κ1) is 17.7. The molecule has 1 atom stereocenters. The van der Waals surface area contributed by atoms with Crippen LogP contribution in [0.1, 0.15) is 12.8 Å². The second-order valence-corrected chi connectivity index (χ2v) is 6.67. The quantitative estimate of drug-likeness (QED) is 0.715. The van der Waals surface area contributed by atoms with Gasteiger partial charge in [-0.15, -0.1) is 0 Å². The maximum absolute atomic E-state index is 12.4. The Morgan fingerprint density at radius 3 is 3.08 bits per heavy atom. The monoisotopic (exact) mass is 362 g/mol. The van der Waals surface area contributed by atoms with Gasteiger partial charge in [0.2, 0.25) is 11.8 Å². The summed E-state index contributed by atoms with van der Waals surface area (Å²) in [5.74, 6) is -0.170. The smallest absolute Gasteiger partial charge is 0.238 e. The van der Waals surface area contributed by atoms with E-state index in [1.54, 1.807) is 0 Å². The Morgan fingerprint density at radius 1 is 1.36 bits per heavy atom. The van der Waals surface area contributed by atoms with E-state index in [-0.39, 0.29) is 24.3 Å². The Balaban J connectivity index is 1.54. The number of carbonyl (C=O) groups excluding carboxylic acids is 2. The van der Waals surface area contributed by atoms with Crippen LogP contribution in [0, 0.1) is 5.92 Å². The van der Waals surface area contributed by atoms with Gasteiger partial charge in [0, 0.05) is 19.6 Å². The van der Waals surface area contributed by atoms with Crippen LogP contribution in [0.4, 0.5) is 17.1 Å². The highest BCUT2D eigenvalue weighted by molar-refractivity contribution is 7.58. The second-order valence-electron chi connectivity index (χ2n) is 6.14. The number of nitrogens with two attached hydrogens (primary N) is 1. The van der Waals surface area contributed by atoms with Gasteiger partial charge in [-0.05, 0) is 31.5 Å². The summed E-state index contributed by atoms with van der Waals surface area (Å²) in [5.41, 5.74) is 7.57. The highest BCUT2D eigenvalue weighted by Crippen LogP contribution is 2.38. The number of amides is 2. The minimum Gasteiger partial charge on any atom is -0.355 e. The van der Waals surface area contributed by atoms with E-state index >= 15 is 0 Å². The molecule has 1 aromatic rings. The van der Waals surface area contributed by atoms with Crippen molar-refractivity contribution in [1.82, 2.24) is 10.2 Å². The molecule has 4 N–H and O–H groups in total. The van der Waals surface area contributed by atoms with E-state index in [0.717, 1.165) is 36.4 Å². The van der Waals surface area contributed by atoms with Gasteiger partial charge in [-0.2, -0.15) is 8.73 Å². The lowest BCUT2D eigenvalue weighted by Crippen LogP contribution is -2.46. The van der Waals surface area contributed by atoms with Crippen molar-refractivity contribution in [3.05, 3.63) is 18.2 Å². The van der Waals surface area contributed by atoms with Gasteiger partial charge in [-0.3, -0.25) is 14.5 Å². The van der Waals surface area contributed by atoms with Crippen molar-refractivity contribution in [1.29, 1.82) is 0 Å². The summed E-state index contributed by atoms with van der Waals surface area (Å²) in [6, 6.07) is 5.53. The van der Waals surface area contributed by atoms with E-state index in [4.69, 9.17) is 5.73 Å². The molecule has 0 bridgehead atoms. The minimum absolute atomic E-state index is 0.0221. The van der Waals surface area contributed by atoms with E-state index in [9.17, 15) is 9.59 Å². The molecule has 2 aliphatic heterocycles. The average molecular weight is 362 g/mol. The summed E-state index contributed by atoms with van der Waals surface area (Å²) < 4.78 is 8.39. The second kappa shape index (κ2) is 8.32. The zero-order chi connectivity index (χ0) is 17.6. The van der Waals surface area contributed by atoms with Gasteiger partial charge in [0.25, 0.3) is 0 Å². The molecule has 2 amide bonds. The molecule has 3 rings (SSSR count). The molecule has 1 unspecified atom stereocenters. The van der Waals surface area contributed by atoms with Crippen molar-refractivity contribution in [2.75, 3.05) is 38.0 Å². The summed E-state index contributed by atoms with van der Waals surface area (Å²) in [6.45, 7) is 2.58. The van der Waals surface area contributed by atoms with Gasteiger partial charge < -0.3 is 16.4 Å². The van der Waals surface area contributed by atoms with E-state index in [0.29, 0.717) is 31.0 Å². The number of benzene rings is 1. The van der Waals surface area contributed by atoms with Gasteiger partial charge in [-0.25, -0.2) is 0 Å². The lowest BCUT2D eigenvalue weighted by molar-refractivity contribution is -0.127. The highest BCUT2D eigenvalue weighted by Gasteiger charge is 2.26. The number of fused-ring (bicyclic) bond motifs is 1. The van der Waals surface area contributed by atoms with Crippen molar-refractivity contribution in [2.45, 2.75) is 12.8 Å². The summed E-state index contributed by atoms with van der Waals surface area (Å²) in [7, 11) is 0. The molecule has 1 fully saturated rings. The van der Waals surface area contributed by atoms with Crippen LogP contribution < -0.4 is 16.4 Å². The molecule has 0 saturated carbocycles. The SMILES string of the molecule is NCCNC(=O)C1CCCN(CC(=O)Nc2cccc3c2N=S=N3)C1. The maximum Gasteiger partial charge on any atom is 0.238 e. The Bertz CT molecular complexity index is 731. The fraction of sp³-hybridized carbons (Fsp3) is 0.500. The van der Waals surface area contributed by atoms with Crippen LogP contribution in [-0.2, 0) is 20.9 Å². The third kappa shape index (κ3) is 4.50. The number of nitrogens with zero attached hydrogens (tertiary/aromatic N) is 3. The van der Waals surface area contributed by atoms with E-state index in [1.165, 1.54) is 0 Å². The number of hydrogen-bond acceptors (Lipinski definition) is 6. The lowest BCUT2D eigenvalue weighted by atomic mass is 9.97. The number of piperidine rings is 1. The first-order valence-corrected chi connectivity index (χ1v) is 9.11. The maximum atomic E-state index is 12.4. The third-order valence-electron chi connectivity index (χ3n) is 4.25. The summed E-state index contributed by atoms with van der Waals surface area (Å²) in [5, 5.41) is 5.73. The molecule has 0 aromatic heterocycles. The van der Waals surface area contributed by atoms with Crippen LogP contribution in [0.25, 0.3) is 0 Å². The van der Waals surface area contributed by atoms with E-state index in [2.05, 4.69) is 19.4 Å². The molecular formula is C16H22N6O2S. The number of hydrogen-bond donors (Lipinski definition) is 3. The van der Waals surface area contributed by atoms with Crippen molar-refractivity contribution >= 4 is 40.2 Å². The van der Waals surface area contributed by atoms with E-state index in [1.807, 2.05) is 23.1 Å². The van der Waals surface area contributed by atoms with Crippen LogP contribution in [-0.4, -0.2) is 49.4 Å². The largest absolute Gasteiger partial charge is 0.355 e. The van der Waals surface area contributed by atoms with Crippen LogP contribution in [0.5, 0.6) is 0 Å². The number of likely N-dealkylation sites (tertiary alicyclic amines) is 1. The van der Waals surface area contributed by atoms with Gasteiger partial charge in [0.15, 0.2) is 0 Å². The third-order valence-corrected chi connectivity index (χ3v) is 4.79. The summed E-state index contributed by atoms with van der Waals surface area (Å²) in [4.78, 5) is 26.5. The Kier molecular flexibility index (Phi) is 5.90. The summed E-state index contributed by atoms with van der Waals surface area (Å²) in [6.07, 6.45) is 1.75. The minimum atomic E-state index is -0.108. The number of anilines is 1. The van der Waals surface area contributed by atoms with Gasteiger partial charge in [0.05, 0.1) is 29.5 Å². The van der Waals surface area contributed by atoms with Crippen LogP contribution >= 0.6 is 0 Å². The molecular weight excluding hydrogens is 340 g/mol. The molecule has 1 aromatic carbocycles. The number of rotatable bonds is 6. The zero-order valence-electron chi connectivity index (χ0n) is 13.9. The highest BCUT2D eigenvalue weighted by atomic mass is 32.1. The fourth-order valence-electron chi connectivity index (χ4n) is 3.05. The lowest BCUT2D eigenvalue weighted by Gasteiger charge is -2.31. The van der Waals surface area contributed by atoms with Gasteiger partial charge in [-0.1, -0.05) is 6.07 Å². The molecule has 0 radical (unpaired) electrons. The van der Waals surface area contributed by atoms with E-state index < -0.39 is 0 Å². The first-order chi connectivity index (χ1) is 12.2. The predicted octanol–water partition coefficient (Wildman–Crippen LogP) is 1.14. The molecule has 2 aliphatic rings. The fourth-order valence-corrected chi connectivity index (χ4v) is 3.60. The molecule has 8 nitrogen and oxygen atoms in total. The topological polar surface area (TPSA) is 112 Å². The Morgan fingerprint density at radius 2 is 2.24 bits per heavy atom. The molecule has 25 heavy (non-hydrogen) atoms. The molecule has 0 aliphatic carbocycles.